The van der Waals surface area contributed by atoms with E-state index >= 15 is 0 Å². The van der Waals surface area contributed by atoms with Crippen molar-refractivity contribution in [2.75, 3.05) is 5.32 Å². The van der Waals surface area contributed by atoms with Crippen LogP contribution >= 0.6 is 0 Å². The van der Waals surface area contributed by atoms with Crippen LogP contribution < -0.4 is 11.0 Å². The minimum Gasteiger partial charge on any atom is -0.369 e. The molecular formula is C10H15N3O. The van der Waals surface area contributed by atoms with E-state index < -0.39 is 0 Å². The Kier molecular flexibility index (Phi) is 2.81. The normalized spacial score (nSPS) is 18.0. The van der Waals surface area contributed by atoms with Crippen molar-refractivity contribution in [3.63, 3.8) is 0 Å². The van der Waals surface area contributed by atoms with Gasteiger partial charge in [0.15, 0.2) is 0 Å². The average molecular weight is 193 g/mol. The van der Waals surface area contributed by atoms with Crippen LogP contribution in [0, 0.1) is 0 Å². The Morgan fingerprint density at radius 2 is 2.14 bits per heavy atom. The maximum absolute atomic E-state index is 10.9. The highest BCUT2D eigenvalue weighted by molar-refractivity contribution is 5.32. The highest BCUT2D eigenvalue weighted by Crippen LogP contribution is 2.19. The summed E-state index contributed by atoms with van der Waals surface area (Å²) in [5, 5.41) is 3.33. The molecule has 1 heterocycles. The van der Waals surface area contributed by atoms with Crippen molar-refractivity contribution in [3.05, 3.63) is 22.7 Å². The van der Waals surface area contributed by atoms with Crippen molar-refractivity contribution >= 4 is 5.82 Å². The summed E-state index contributed by atoms with van der Waals surface area (Å²) >= 11 is 0. The lowest BCUT2D eigenvalue weighted by molar-refractivity contribution is 0.461. The number of aromatic amines is 1. The standard InChI is InChI=1S/C10H15N3O/c14-10-11-7-6-9(13-10)12-8-4-2-1-3-5-8/h6-8H,1-5H2,(H2,11,12,13,14). The maximum atomic E-state index is 10.9. The molecule has 2 rings (SSSR count). The van der Waals surface area contributed by atoms with Crippen LogP contribution in [0.2, 0.25) is 0 Å². The fraction of sp³-hybridized carbons (Fsp3) is 0.600. The van der Waals surface area contributed by atoms with Gasteiger partial charge in [0.1, 0.15) is 5.82 Å². The van der Waals surface area contributed by atoms with Crippen molar-refractivity contribution in [2.24, 2.45) is 0 Å². The zero-order chi connectivity index (χ0) is 9.80. The van der Waals surface area contributed by atoms with E-state index in [1.807, 2.05) is 0 Å². The van der Waals surface area contributed by atoms with Crippen LogP contribution in [0.4, 0.5) is 5.82 Å². The number of nitrogens with one attached hydrogen (secondary N) is 2. The molecule has 0 radical (unpaired) electrons. The minimum absolute atomic E-state index is 0.286. The zero-order valence-corrected chi connectivity index (χ0v) is 8.12. The summed E-state index contributed by atoms with van der Waals surface area (Å²) < 4.78 is 0. The summed E-state index contributed by atoms with van der Waals surface area (Å²) in [6.07, 6.45) is 7.84. The van der Waals surface area contributed by atoms with Crippen molar-refractivity contribution in [1.29, 1.82) is 0 Å². The molecule has 0 saturated heterocycles. The fourth-order valence-corrected chi connectivity index (χ4v) is 1.92. The summed E-state index contributed by atoms with van der Waals surface area (Å²) in [6, 6.07) is 2.32. The van der Waals surface area contributed by atoms with Crippen molar-refractivity contribution in [1.82, 2.24) is 9.97 Å². The van der Waals surface area contributed by atoms with E-state index in [-0.39, 0.29) is 5.69 Å². The second kappa shape index (κ2) is 4.26. The van der Waals surface area contributed by atoms with E-state index in [4.69, 9.17) is 0 Å². The number of rotatable bonds is 2. The lowest BCUT2D eigenvalue weighted by atomic mass is 9.95. The van der Waals surface area contributed by atoms with Gasteiger partial charge in [0.25, 0.3) is 0 Å². The molecule has 0 bridgehead atoms. The number of aromatic nitrogens is 2. The molecule has 4 heteroatoms. The second-order valence-corrected chi connectivity index (χ2v) is 3.77. The Morgan fingerprint density at radius 1 is 1.36 bits per heavy atom. The molecule has 0 spiro atoms. The van der Waals surface area contributed by atoms with Crippen molar-refractivity contribution in [2.45, 2.75) is 38.1 Å². The van der Waals surface area contributed by atoms with Crippen LogP contribution in [0.3, 0.4) is 0 Å². The van der Waals surface area contributed by atoms with Gasteiger partial charge in [-0.05, 0) is 18.9 Å². The highest BCUT2D eigenvalue weighted by atomic mass is 16.1. The highest BCUT2D eigenvalue weighted by Gasteiger charge is 2.12. The van der Waals surface area contributed by atoms with Crippen LogP contribution in [-0.2, 0) is 0 Å². The average Bonchev–Trinajstić information content (AvgIpc) is 2.19. The van der Waals surface area contributed by atoms with Gasteiger partial charge < -0.3 is 5.32 Å². The molecule has 14 heavy (non-hydrogen) atoms. The first kappa shape index (κ1) is 9.24. The molecule has 1 aromatic rings. The number of nitrogens with zero attached hydrogens (tertiary/aromatic N) is 1. The molecule has 1 fully saturated rings. The van der Waals surface area contributed by atoms with E-state index in [0.29, 0.717) is 6.04 Å². The third kappa shape index (κ3) is 2.34. The second-order valence-electron chi connectivity index (χ2n) is 3.77. The third-order valence-electron chi connectivity index (χ3n) is 2.64. The Hall–Kier alpha value is -1.32. The Morgan fingerprint density at radius 3 is 2.86 bits per heavy atom. The molecule has 0 aliphatic heterocycles. The molecule has 0 atom stereocenters. The Labute approximate surface area is 82.8 Å². The fourth-order valence-electron chi connectivity index (χ4n) is 1.92. The molecule has 1 aliphatic carbocycles. The first-order valence-electron chi connectivity index (χ1n) is 5.16. The van der Waals surface area contributed by atoms with E-state index in [1.165, 1.54) is 38.3 Å². The van der Waals surface area contributed by atoms with Gasteiger partial charge in [0.2, 0.25) is 0 Å². The largest absolute Gasteiger partial charge is 0.369 e. The zero-order valence-electron chi connectivity index (χ0n) is 8.12. The predicted octanol–water partition coefficient (Wildman–Crippen LogP) is 1.51. The van der Waals surface area contributed by atoms with Gasteiger partial charge in [0.05, 0.1) is 0 Å². The van der Waals surface area contributed by atoms with E-state index in [0.717, 1.165) is 5.82 Å². The molecule has 0 aromatic carbocycles. The molecule has 2 N–H and O–H groups in total. The van der Waals surface area contributed by atoms with Gasteiger partial charge in [-0.1, -0.05) is 19.3 Å². The molecule has 0 unspecified atom stereocenters. The molecule has 76 valence electrons. The topological polar surface area (TPSA) is 57.8 Å². The van der Waals surface area contributed by atoms with Crippen LogP contribution in [0.1, 0.15) is 32.1 Å². The molecule has 0 amide bonds. The minimum atomic E-state index is -0.286. The lowest BCUT2D eigenvalue weighted by Gasteiger charge is -2.23. The maximum Gasteiger partial charge on any atom is 0.346 e. The number of hydrogen-bond donors (Lipinski definition) is 2. The first-order valence-corrected chi connectivity index (χ1v) is 5.16. The summed E-state index contributed by atoms with van der Waals surface area (Å²) in [5.74, 6) is 0.789. The Balaban J connectivity index is 1.99. The molecule has 4 nitrogen and oxygen atoms in total. The molecule has 1 aliphatic rings. The van der Waals surface area contributed by atoms with Crippen LogP contribution in [-0.4, -0.2) is 16.0 Å². The summed E-state index contributed by atoms with van der Waals surface area (Å²) in [6.45, 7) is 0. The van der Waals surface area contributed by atoms with E-state index in [9.17, 15) is 4.79 Å². The third-order valence-corrected chi connectivity index (χ3v) is 2.64. The van der Waals surface area contributed by atoms with E-state index in [2.05, 4.69) is 15.3 Å². The number of hydrogen-bond acceptors (Lipinski definition) is 3. The van der Waals surface area contributed by atoms with E-state index in [1.54, 1.807) is 6.07 Å². The number of H-pyrrole nitrogens is 1. The van der Waals surface area contributed by atoms with Crippen LogP contribution in [0.5, 0.6) is 0 Å². The monoisotopic (exact) mass is 193 g/mol. The predicted molar refractivity (Wildman–Crippen MR) is 55.4 cm³/mol. The van der Waals surface area contributed by atoms with Gasteiger partial charge in [-0.2, -0.15) is 0 Å². The lowest BCUT2D eigenvalue weighted by Crippen LogP contribution is -2.24. The van der Waals surface area contributed by atoms with Crippen LogP contribution in [0.25, 0.3) is 0 Å². The summed E-state index contributed by atoms with van der Waals surface area (Å²) in [5.41, 5.74) is -0.286. The summed E-state index contributed by atoms with van der Waals surface area (Å²) in [7, 11) is 0. The smallest absolute Gasteiger partial charge is 0.346 e. The first-order chi connectivity index (χ1) is 6.84. The van der Waals surface area contributed by atoms with Gasteiger partial charge in [-0.15, -0.1) is 0 Å². The van der Waals surface area contributed by atoms with Gasteiger partial charge in [-0.25, -0.2) is 9.78 Å². The van der Waals surface area contributed by atoms with Crippen molar-refractivity contribution in [3.8, 4) is 0 Å². The summed E-state index contributed by atoms with van der Waals surface area (Å²) in [4.78, 5) is 17.2. The van der Waals surface area contributed by atoms with Crippen LogP contribution in [0.15, 0.2) is 17.1 Å². The van der Waals surface area contributed by atoms with Crippen molar-refractivity contribution < 1.29 is 0 Å². The quantitative estimate of drug-likeness (QED) is 0.748. The van der Waals surface area contributed by atoms with Gasteiger partial charge in [-0.3, -0.25) is 4.98 Å². The Bertz CT molecular complexity index is 341. The molecule has 1 aromatic heterocycles. The number of anilines is 1. The molecule has 1 saturated carbocycles. The SMILES string of the molecule is O=c1nccc(NC2CCCCC2)[nH]1. The molecular weight excluding hydrogens is 178 g/mol. The van der Waals surface area contributed by atoms with Gasteiger partial charge in [0, 0.05) is 12.2 Å². The van der Waals surface area contributed by atoms with Gasteiger partial charge >= 0.3 is 5.69 Å².